The van der Waals surface area contributed by atoms with E-state index in [4.69, 9.17) is 20.9 Å². The van der Waals surface area contributed by atoms with Crippen molar-refractivity contribution in [1.29, 1.82) is 0 Å². The van der Waals surface area contributed by atoms with Crippen molar-refractivity contribution in [2.24, 2.45) is 0 Å². The maximum absolute atomic E-state index is 12.8. The summed E-state index contributed by atoms with van der Waals surface area (Å²) < 4.78 is 25.9. The number of aliphatic hydroxyl groups excluding tert-OH is 2. The lowest BCUT2D eigenvalue weighted by molar-refractivity contribution is -0.0753. The fraction of sp³-hybridized carbons (Fsp3) is 0.737. The zero-order chi connectivity index (χ0) is 23.9. The van der Waals surface area contributed by atoms with Crippen LogP contribution < -0.4 is 0 Å². The van der Waals surface area contributed by atoms with Gasteiger partial charge in [-0.15, -0.1) is 0 Å². The molecule has 0 bridgehead atoms. The summed E-state index contributed by atoms with van der Waals surface area (Å²) in [7, 11) is -4.43. The molecule has 3 unspecified atom stereocenters. The first-order valence-corrected chi connectivity index (χ1v) is 12.5. The van der Waals surface area contributed by atoms with E-state index in [-0.39, 0.29) is 18.0 Å². The van der Waals surface area contributed by atoms with E-state index in [2.05, 4.69) is 15.0 Å². The van der Waals surface area contributed by atoms with E-state index in [1.807, 2.05) is 0 Å². The van der Waals surface area contributed by atoms with E-state index in [1.165, 1.54) is 24.1 Å². The molecule has 180 valence electrons. The van der Waals surface area contributed by atoms with Crippen molar-refractivity contribution >= 4 is 30.4 Å². The van der Waals surface area contributed by atoms with Crippen LogP contribution in [-0.4, -0.2) is 69.0 Å². The molecule has 11 nitrogen and oxygen atoms in total. The zero-order valence-electron chi connectivity index (χ0n) is 18.4. The molecular weight excluding hydrogens is 463 g/mol. The van der Waals surface area contributed by atoms with Gasteiger partial charge in [0.1, 0.15) is 24.1 Å². The van der Waals surface area contributed by atoms with Crippen LogP contribution >= 0.6 is 19.2 Å². The summed E-state index contributed by atoms with van der Waals surface area (Å²) in [5.74, 6) is 0. The number of ether oxygens (including phenoxy) is 1. The average Bonchev–Trinajstić information content (AvgIpc) is 3.30. The number of hydrogen-bond donors (Lipinski definition) is 4. The van der Waals surface area contributed by atoms with Crippen molar-refractivity contribution in [3.63, 3.8) is 0 Å². The van der Waals surface area contributed by atoms with E-state index in [0.717, 1.165) is 0 Å². The van der Waals surface area contributed by atoms with Gasteiger partial charge >= 0.3 is 7.60 Å². The van der Waals surface area contributed by atoms with Crippen LogP contribution in [0.25, 0.3) is 11.2 Å². The van der Waals surface area contributed by atoms with E-state index in [0.29, 0.717) is 24.0 Å². The number of halogens is 1. The maximum atomic E-state index is 12.8. The van der Waals surface area contributed by atoms with Gasteiger partial charge in [-0.3, -0.25) is 13.7 Å². The summed E-state index contributed by atoms with van der Waals surface area (Å²) in [6.45, 7) is 6.40. The lowest BCUT2D eigenvalue weighted by Gasteiger charge is -2.39. The van der Waals surface area contributed by atoms with Crippen molar-refractivity contribution < 1.29 is 34.0 Å². The molecule has 0 spiro atoms. The van der Waals surface area contributed by atoms with Gasteiger partial charge in [-0.05, 0) is 26.2 Å². The predicted molar refractivity (Wildman–Crippen MR) is 116 cm³/mol. The van der Waals surface area contributed by atoms with Crippen molar-refractivity contribution in [2.75, 3.05) is 0 Å². The first-order valence-electron chi connectivity index (χ1n) is 10.5. The van der Waals surface area contributed by atoms with Crippen molar-refractivity contribution in [3.8, 4) is 0 Å². The molecular formula is C19H30ClN4O7P. The van der Waals surface area contributed by atoms with Crippen LogP contribution in [0.4, 0.5) is 0 Å². The van der Waals surface area contributed by atoms with Gasteiger partial charge in [0, 0.05) is 6.42 Å². The molecule has 0 saturated carbocycles. The van der Waals surface area contributed by atoms with Gasteiger partial charge < -0.3 is 24.9 Å². The summed E-state index contributed by atoms with van der Waals surface area (Å²) >= 11 is 6.04. The Kier molecular flexibility index (Phi) is 7.34. The van der Waals surface area contributed by atoms with Gasteiger partial charge in [0.2, 0.25) is 0 Å². The number of imidazole rings is 1. The number of aromatic nitrogens is 4. The van der Waals surface area contributed by atoms with Gasteiger partial charge in [-0.25, -0.2) is 15.0 Å². The Morgan fingerprint density at radius 2 is 1.84 bits per heavy atom. The molecule has 4 N–H and O–H groups in total. The van der Waals surface area contributed by atoms with Crippen LogP contribution in [0.15, 0.2) is 12.7 Å². The Hall–Kier alpha value is -1.17. The van der Waals surface area contributed by atoms with E-state index in [9.17, 15) is 24.8 Å². The molecule has 1 aliphatic heterocycles. The van der Waals surface area contributed by atoms with E-state index in [1.54, 1.807) is 20.8 Å². The molecule has 3 heterocycles. The highest BCUT2D eigenvalue weighted by atomic mass is 35.5. The van der Waals surface area contributed by atoms with Gasteiger partial charge in [-0.1, -0.05) is 32.4 Å². The van der Waals surface area contributed by atoms with Crippen molar-refractivity contribution in [1.82, 2.24) is 19.5 Å². The predicted octanol–water partition coefficient (Wildman–Crippen LogP) is 2.37. The van der Waals surface area contributed by atoms with Crippen LogP contribution in [0, 0.1) is 0 Å². The van der Waals surface area contributed by atoms with Crippen LogP contribution in [0.5, 0.6) is 0 Å². The molecule has 1 saturated heterocycles. The summed E-state index contributed by atoms with van der Waals surface area (Å²) in [5, 5.41) is 30.0. The molecule has 2 aromatic rings. The maximum Gasteiger partial charge on any atom is 0.359 e. The molecule has 0 aliphatic carbocycles. The number of fused-ring (bicyclic) bond motifs is 1. The normalized spacial score (nSPS) is 28.0. The van der Waals surface area contributed by atoms with Crippen LogP contribution in [0.2, 0.25) is 5.15 Å². The average molecular weight is 493 g/mol. The third kappa shape index (κ3) is 4.45. The topological polar surface area (TPSA) is 160 Å². The van der Waals surface area contributed by atoms with Crippen LogP contribution in [-0.2, 0) is 13.8 Å². The van der Waals surface area contributed by atoms with E-state index >= 15 is 0 Å². The number of hydrogen-bond acceptors (Lipinski definition) is 9. The Morgan fingerprint density at radius 3 is 2.44 bits per heavy atom. The van der Waals surface area contributed by atoms with Gasteiger partial charge in [0.15, 0.2) is 22.4 Å². The minimum absolute atomic E-state index is 0.0153. The first-order chi connectivity index (χ1) is 14.9. The number of nitrogens with zero attached hydrogens (tertiary/aromatic N) is 4. The molecule has 6 atom stereocenters. The monoisotopic (exact) mass is 492 g/mol. The minimum Gasteiger partial charge on any atom is -0.388 e. The molecule has 32 heavy (non-hydrogen) atoms. The van der Waals surface area contributed by atoms with Crippen LogP contribution in [0.3, 0.4) is 0 Å². The molecule has 0 aromatic carbocycles. The van der Waals surface area contributed by atoms with Crippen LogP contribution in [0.1, 0.15) is 59.6 Å². The third-order valence-corrected chi connectivity index (χ3v) is 8.83. The van der Waals surface area contributed by atoms with E-state index < -0.39 is 43.1 Å². The molecule has 0 radical (unpaired) electrons. The number of rotatable bonds is 9. The lowest BCUT2D eigenvalue weighted by atomic mass is 9.88. The van der Waals surface area contributed by atoms with Gasteiger partial charge in [0.25, 0.3) is 0 Å². The fourth-order valence-electron chi connectivity index (χ4n) is 3.77. The Bertz CT molecular complexity index is 999. The quantitative estimate of drug-likeness (QED) is 0.302. The second-order valence-corrected chi connectivity index (χ2v) is 10.9. The van der Waals surface area contributed by atoms with Crippen molar-refractivity contribution in [3.05, 3.63) is 17.8 Å². The molecule has 3 rings (SSSR count). The Balaban J connectivity index is 1.87. The SMILES string of the molecule is CCC(CC)(CC1O[C@@H](n2cnc3c(Cl)ncnc32)[C@H](O)[C@@H]1O)OP(=O)(O)C(C)(O)CC. The third-order valence-electron chi connectivity index (χ3n) is 6.38. The summed E-state index contributed by atoms with van der Waals surface area (Å²) in [6, 6.07) is 0. The summed E-state index contributed by atoms with van der Waals surface area (Å²) in [5.41, 5.74) is -0.522. The highest BCUT2D eigenvalue weighted by Crippen LogP contribution is 2.59. The smallest absolute Gasteiger partial charge is 0.359 e. The Labute approximate surface area is 190 Å². The van der Waals surface area contributed by atoms with Gasteiger partial charge in [0.05, 0.1) is 18.0 Å². The molecule has 13 heteroatoms. The molecule has 1 fully saturated rings. The van der Waals surface area contributed by atoms with Gasteiger partial charge in [-0.2, -0.15) is 0 Å². The highest BCUT2D eigenvalue weighted by Gasteiger charge is 2.51. The summed E-state index contributed by atoms with van der Waals surface area (Å²) in [4.78, 5) is 22.6. The fourth-order valence-corrected chi connectivity index (χ4v) is 5.40. The van der Waals surface area contributed by atoms with Crippen molar-refractivity contribution in [2.45, 2.75) is 88.9 Å². The Morgan fingerprint density at radius 1 is 1.19 bits per heavy atom. The summed E-state index contributed by atoms with van der Waals surface area (Å²) in [6.07, 6.45) is -1.25. The lowest BCUT2D eigenvalue weighted by Crippen LogP contribution is -2.41. The largest absolute Gasteiger partial charge is 0.388 e. The molecule has 0 amide bonds. The molecule has 1 aliphatic rings. The minimum atomic E-state index is -4.43. The second kappa shape index (κ2) is 9.23. The highest BCUT2D eigenvalue weighted by molar-refractivity contribution is 7.54. The second-order valence-electron chi connectivity index (χ2n) is 8.31. The standard InChI is InChI=1S/C19H30ClN4O7P/c1-5-18(4,27)32(28,29)31-19(6-2,7-3)8-11-13(25)14(26)17(30-11)24-10-23-12-15(20)21-9-22-16(12)24/h9-11,13-14,17,25-27H,5-8H2,1-4H3,(H,28,29)/t11?,13-,14-,17-,18?/m1/s1. The molecule has 2 aromatic heterocycles. The zero-order valence-corrected chi connectivity index (χ0v) is 20.1. The first kappa shape index (κ1) is 25.5. The number of aliphatic hydroxyl groups is 3.